The maximum atomic E-state index is 11.4. The maximum Gasteiger partial charge on any atom is 0.321 e. The Labute approximate surface area is 142 Å². The van der Waals surface area contributed by atoms with E-state index >= 15 is 0 Å². The Morgan fingerprint density at radius 2 is 2.00 bits per heavy atom. The highest BCUT2D eigenvalue weighted by Crippen LogP contribution is 2.27. The molecule has 0 unspecified atom stereocenters. The lowest BCUT2D eigenvalue weighted by Gasteiger charge is -2.13. The molecule has 2 aromatic heterocycles. The lowest BCUT2D eigenvalue weighted by molar-refractivity contribution is -0.139. The second-order valence-electron chi connectivity index (χ2n) is 5.08. The minimum absolute atomic E-state index is 0.450. The zero-order chi connectivity index (χ0) is 16.1. The summed E-state index contributed by atoms with van der Waals surface area (Å²) in [5.41, 5.74) is 1.88. The molecule has 0 aliphatic carbocycles. The van der Waals surface area contributed by atoms with Crippen LogP contribution in [0.4, 0.5) is 0 Å². The van der Waals surface area contributed by atoms with Crippen molar-refractivity contribution in [3.05, 3.63) is 64.5 Å². The Morgan fingerprint density at radius 3 is 2.70 bits per heavy atom. The number of benzene rings is 1. The minimum Gasteiger partial charge on any atom is -0.480 e. The predicted octanol–water partition coefficient (Wildman–Crippen LogP) is 3.66. The molecule has 0 aliphatic heterocycles. The molecular weight excluding hydrogens is 328 g/mol. The average molecular weight is 344 g/mol. The van der Waals surface area contributed by atoms with Crippen LogP contribution >= 0.6 is 22.7 Å². The van der Waals surface area contributed by atoms with Crippen molar-refractivity contribution in [3.8, 4) is 9.88 Å². The SMILES string of the molecule is O=C(O)[C@H](Cc1ccccc1)NCc1csc(-c2cccs2)n1. The molecule has 4 nitrogen and oxygen atoms in total. The standard InChI is InChI=1S/C17H16N2O2S2/c20-17(21)14(9-12-5-2-1-3-6-12)18-10-13-11-23-16(19-13)15-7-4-8-22-15/h1-8,11,14,18H,9-10H2,(H,20,21)/t14-/m0/s1. The number of carbonyl (C=O) groups is 1. The molecule has 0 amide bonds. The number of carboxylic acid groups (broad SMARTS) is 1. The zero-order valence-corrected chi connectivity index (χ0v) is 13.9. The van der Waals surface area contributed by atoms with Gasteiger partial charge in [-0.15, -0.1) is 22.7 Å². The molecule has 2 N–H and O–H groups in total. The van der Waals surface area contributed by atoms with Crippen LogP contribution in [-0.2, 0) is 17.8 Å². The summed E-state index contributed by atoms with van der Waals surface area (Å²) in [5, 5.41) is 17.5. The largest absolute Gasteiger partial charge is 0.480 e. The smallest absolute Gasteiger partial charge is 0.321 e. The number of carboxylic acids is 1. The van der Waals surface area contributed by atoms with Crippen molar-refractivity contribution < 1.29 is 9.90 Å². The maximum absolute atomic E-state index is 11.4. The molecule has 6 heteroatoms. The molecule has 3 rings (SSSR count). The van der Waals surface area contributed by atoms with Crippen LogP contribution in [0.2, 0.25) is 0 Å². The summed E-state index contributed by atoms with van der Waals surface area (Å²) in [7, 11) is 0. The van der Waals surface area contributed by atoms with Crippen molar-refractivity contribution in [3.63, 3.8) is 0 Å². The summed E-state index contributed by atoms with van der Waals surface area (Å²) in [6.45, 7) is 0.450. The first-order chi connectivity index (χ1) is 11.2. The Morgan fingerprint density at radius 1 is 1.17 bits per heavy atom. The number of aliphatic carboxylic acids is 1. The summed E-state index contributed by atoms with van der Waals surface area (Å²) in [6.07, 6.45) is 0.456. The fourth-order valence-electron chi connectivity index (χ4n) is 2.23. The molecule has 1 aromatic carbocycles. The van der Waals surface area contributed by atoms with Crippen LogP contribution < -0.4 is 5.32 Å². The summed E-state index contributed by atoms with van der Waals surface area (Å²) in [6, 6.07) is 13.1. The van der Waals surface area contributed by atoms with Crippen molar-refractivity contribution in [1.82, 2.24) is 10.3 Å². The summed E-state index contributed by atoms with van der Waals surface area (Å²) < 4.78 is 0. The fraction of sp³-hybridized carbons (Fsp3) is 0.176. The Balaban J connectivity index is 1.62. The molecule has 0 aliphatic rings. The van der Waals surface area contributed by atoms with E-state index in [1.165, 1.54) is 0 Å². The van der Waals surface area contributed by atoms with Gasteiger partial charge in [0.05, 0.1) is 10.6 Å². The predicted molar refractivity (Wildman–Crippen MR) is 93.8 cm³/mol. The van der Waals surface area contributed by atoms with Gasteiger partial charge in [0.25, 0.3) is 0 Å². The average Bonchev–Trinajstić information content (AvgIpc) is 3.23. The van der Waals surface area contributed by atoms with Gasteiger partial charge in [-0.1, -0.05) is 36.4 Å². The first-order valence-electron chi connectivity index (χ1n) is 7.21. The minimum atomic E-state index is -0.845. The first kappa shape index (κ1) is 15.9. The van der Waals surface area contributed by atoms with Gasteiger partial charge in [0, 0.05) is 11.9 Å². The molecule has 118 valence electrons. The number of thiazole rings is 1. The van der Waals surface area contributed by atoms with Crippen LogP contribution in [-0.4, -0.2) is 22.1 Å². The van der Waals surface area contributed by atoms with Crippen LogP contribution in [0.1, 0.15) is 11.3 Å². The third-order valence-corrected chi connectivity index (χ3v) is 5.32. The first-order valence-corrected chi connectivity index (χ1v) is 8.96. The molecule has 0 saturated heterocycles. The van der Waals surface area contributed by atoms with Crippen LogP contribution in [0.25, 0.3) is 9.88 Å². The quantitative estimate of drug-likeness (QED) is 0.687. The summed E-state index contributed by atoms with van der Waals surface area (Å²) >= 11 is 3.24. The second-order valence-corrected chi connectivity index (χ2v) is 6.89. The van der Waals surface area contributed by atoms with E-state index in [0.29, 0.717) is 13.0 Å². The Bertz CT molecular complexity index is 754. The molecule has 0 spiro atoms. The Hall–Kier alpha value is -2.02. The van der Waals surface area contributed by atoms with Crippen LogP contribution in [0.3, 0.4) is 0 Å². The lowest BCUT2D eigenvalue weighted by Crippen LogP contribution is -2.38. The topological polar surface area (TPSA) is 62.2 Å². The summed E-state index contributed by atoms with van der Waals surface area (Å²) in [5.74, 6) is -0.845. The van der Waals surface area contributed by atoms with Crippen molar-refractivity contribution >= 4 is 28.6 Å². The van der Waals surface area contributed by atoms with Crippen molar-refractivity contribution in [2.24, 2.45) is 0 Å². The van der Waals surface area contributed by atoms with Crippen molar-refractivity contribution in [2.45, 2.75) is 19.0 Å². The highest BCUT2D eigenvalue weighted by atomic mass is 32.1. The van der Waals surface area contributed by atoms with E-state index in [1.54, 1.807) is 22.7 Å². The number of hydrogen-bond acceptors (Lipinski definition) is 5. The third-order valence-electron chi connectivity index (χ3n) is 3.39. The number of nitrogens with one attached hydrogen (secondary N) is 1. The Kier molecular flexibility index (Phi) is 5.17. The van der Waals surface area contributed by atoms with Gasteiger partial charge in [0.15, 0.2) is 0 Å². The second kappa shape index (κ2) is 7.50. The van der Waals surface area contributed by atoms with Crippen molar-refractivity contribution in [1.29, 1.82) is 0 Å². The monoisotopic (exact) mass is 344 g/mol. The van der Waals surface area contributed by atoms with Gasteiger partial charge in [-0.25, -0.2) is 4.98 Å². The van der Waals surface area contributed by atoms with Crippen LogP contribution in [0.15, 0.2) is 53.2 Å². The molecule has 0 fully saturated rings. The van der Waals surface area contributed by atoms with E-state index in [2.05, 4.69) is 10.3 Å². The van der Waals surface area contributed by atoms with Gasteiger partial charge in [-0.2, -0.15) is 0 Å². The van der Waals surface area contributed by atoms with Gasteiger partial charge < -0.3 is 5.11 Å². The van der Waals surface area contributed by atoms with Crippen LogP contribution in [0, 0.1) is 0 Å². The normalized spacial score (nSPS) is 12.2. The molecule has 0 radical (unpaired) electrons. The van der Waals surface area contributed by atoms with Gasteiger partial charge in [-0.3, -0.25) is 10.1 Å². The molecule has 23 heavy (non-hydrogen) atoms. The van der Waals surface area contributed by atoms with Gasteiger partial charge in [-0.05, 0) is 23.4 Å². The molecular formula is C17H16N2O2S2. The van der Waals surface area contributed by atoms with Crippen LogP contribution in [0.5, 0.6) is 0 Å². The molecule has 2 heterocycles. The molecule has 3 aromatic rings. The van der Waals surface area contributed by atoms with E-state index in [1.807, 2.05) is 53.2 Å². The molecule has 1 atom stereocenters. The van der Waals surface area contributed by atoms with E-state index < -0.39 is 12.0 Å². The van der Waals surface area contributed by atoms with Gasteiger partial charge >= 0.3 is 5.97 Å². The molecule has 0 bridgehead atoms. The van der Waals surface area contributed by atoms with E-state index in [9.17, 15) is 9.90 Å². The zero-order valence-electron chi connectivity index (χ0n) is 12.3. The lowest BCUT2D eigenvalue weighted by atomic mass is 10.1. The highest BCUT2D eigenvalue weighted by Gasteiger charge is 2.18. The number of aromatic nitrogens is 1. The van der Waals surface area contributed by atoms with E-state index in [0.717, 1.165) is 21.1 Å². The number of thiophene rings is 1. The van der Waals surface area contributed by atoms with E-state index in [4.69, 9.17) is 0 Å². The number of rotatable bonds is 7. The number of nitrogens with zero attached hydrogens (tertiary/aromatic N) is 1. The number of hydrogen-bond donors (Lipinski definition) is 2. The van der Waals surface area contributed by atoms with Gasteiger partial charge in [0.2, 0.25) is 0 Å². The third kappa shape index (κ3) is 4.25. The fourth-order valence-corrected chi connectivity index (χ4v) is 3.86. The summed E-state index contributed by atoms with van der Waals surface area (Å²) in [4.78, 5) is 17.1. The van der Waals surface area contributed by atoms with E-state index in [-0.39, 0.29) is 0 Å². The van der Waals surface area contributed by atoms with Crippen molar-refractivity contribution in [2.75, 3.05) is 0 Å². The highest BCUT2D eigenvalue weighted by molar-refractivity contribution is 7.20. The van der Waals surface area contributed by atoms with Gasteiger partial charge in [0.1, 0.15) is 11.0 Å². The molecule has 0 saturated carbocycles.